The molecule has 0 atom stereocenters. The summed E-state index contributed by atoms with van der Waals surface area (Å²) in [5, 5.41) is 6.75. The van der Waals surface area contributed by atoms with Crippen molar-refractivity contribution in [2.75, 3.05) is 12.4 Å². The average Bonchev–Trinajstić information content (AvgIpc) is 2.91. The van der Waals surface area contributed by atoms with Gasteiger partial charge >= 0.3 is 0 Å². The molecule has 0 saturated heterocycles. The van der Waals surface area contributed by atoms with Crippen molar-refractivity contribution in [3.05, 3.63) is 41.3 Å². The van der Waals surface area contributed by atoms with Crippen LogP contribution in [0.15, 0.2) is 28.8 Å². The Morgan fingerprint density at radius 3 is 3.05 bits per heavy atom. The highest BCUT2D eigenvalue weighted by molar-refractivity contribution is 6.04. The van der Waals surface area contributed by atoms with E-state index in [4.69, 9.17) is 9.26 Å². The monoisotopic (exact) mass is 272 g/mol. The molecular weight excluding hydrogens is 256 g/mol. The maximum Gasteiger partial charge on any atom is 0.278 e. The van der Waals surface area contributed by atoms with Crippen molar-refractivity contribution in [3.63, 3.8) is 0 Å². The lowest BCUT2D eigenvalue weighted by Gasteiger charge is -2.09. The Balaban J connectivity index is 1.80. The molecule has 20 heavy (non-hydrogen) atoms. The minimum atomic E-state index is -0.231. The predicted molar refractivity (Wildman–Crippen MR) is 74.1 cm³/mol. The van der Waals surface area contributed by atoms with Gasteiger partial charge in [-0.15, -0.1) is 0 Å². The molecule has 1 heterocycles. The first-order valence-electron chi connectivity index (χ1n) is 6.71. The number of nitrogens with zero attached hydrogens (tertiary/aromatic N) is 1. The summed E-state index contributed by atoms with van der Waals surface area (Å²) in [4.78, 5) is 12.3. The highest BCUT2D eigenvalue weighted by Crippen LogP contribution is 2.25. The molecule has 0 radical (unpaired) electrons. The van der Waals surface area contributed by atoms with E-state index in [-0.39, 0.29) is 5.91 Å². The third-order valence-corrected chi connectivity index (χ3v) is 3.49. The smallest absolute Gasteiger partial charge is 0.278 e. The van der Waals surface area contributed by atoms with E-state index in [1.165, 1.54) is 0 Å². The Bertz CT molecular complexity index is 634. The van der Waals surface area contributed by atoms with E-state index in [0.717, 1.165) is 37.0 Å². The van der Waals surface area contributed by atoms with Crippen LogP contribution in [0.25, 0.3) is 0 Å². The van der Waals surface area contributed by atoms with Crippen molar-refractivity contribution in [3.8, 4) is 5.75 Å². The van der Waals surface area contributed by atoms with Gasteiger partial charge in [-0.05, 0) is 31.4 Å². The van der Waals surface area contributed by atoms with Crippen LogP contribution in [0.5, 0.6) is 5.75 Å². The second-order valence-electron chi connectivity index (χ2n) is 4.83. The fraction of sp³-hybridized carbons (Fsp3) is 0.333. The molecule has 0 spiro atoms. The van der Waals surface area contributed by atoms with Crippen molar-refractivity contribution in [2.24, 2.45) is 0 Å². The molecule has 1 N–H and O–H groups in total. The molecule has 1 aromatic heterocycles. The molecule has 0 unspecified atom stereocenters. The van der Waals surface area contributed by atoms with Crippen molar-refractivity contribution in [1.29, 1.82) is 0 Å². The van der Waals surface area contributed by atoms with E-state index in [2.05, 4.69) is 10.5 Å². The Hall–Kier alpha value is -2.30. The Labute approximate surface area is 116 Å². The van der Waals surface area contributed by atoms with Crippen molar-refractivity contribution in [2.45, 2.75) is 25.7 Å². The number of carbonyl (C=O) groups is 1. The number of hydrogen-bond donors (Lipinski definition) is 1. The Morgan fingerprint density at radius 1 is 1.35 bits per heavy atom. The van der Waals surface area contributed by atoms with Crippen LogP contribution in [-0.2, 0) is 12.8 Å². The largest absolute Gasteiger partial charge is 0.497 e. The number of carbonyl (C=O) groups excluding carboxylic acids is 1. The van der Waals surface area contributed by atoms with Crippen LogP contribution in [-0.4, -0.2) is 18.2 Å². The minimum absolute atomic E-state index is 0.231. The lowest BCUT2D eigenvalue weighted by molar-refractivity contribution is 0.101. The van der Waals surface area contributed by atoms with Crippen LogP contribution < -0.4 is 10.1 Å². The van der Waals surface area contributed by atoms with E-state index < -0.39 is 0 Å². The lowest BCUT2D eigenvalue weighted by Crippen LogP contribution is -2.15. The van der Waals surface area contributed by atoms with Gasteiger partial charge in [-0.25, -0.2) is 0 Å². The van der Waals surface area contributed by atoms with Gasteiger partial charge in [-0.1, -0.05) is 11.2 Å². The van der Waals surface area contributed by atoms with E-state index in [0.29, 0.717) is 17.1 Å². The fourth-order valence-corrected chi connectivity index (χ4v) is 2.45. The van der Waals surface area contributed by atoms with Gasteiger partial charge in [-0.2, -0.15) is 0 Å². The predicted octanol–water partition coefficient (Wildman–Crippen LogP) is 2.81. The van der Waals surface area contributed by atoms with Gasteiger partial charge in [0, 0.05) is 23.7 Å². The molecule has 0 fully saturated rings. The summed E-state index contributed by atoms with van der Waals surface area (Å²) in [5.41, 5.74) is 2.04. The number of anilines is 1. The lowest BCUT2D eigenvalue weighted by atomic mass is 9.96. The second kappa shape index (κ2) is 5.36. The molecule has 0 bridgehead atoms. The molecule has 1 aliphatic rings. The van der Waals surface area contributed by atoms with Crippen molar-refractivity contribution in [1.82, 2.24) is 5.16 Å². The zero-order valence-corrected chi connectivity index (χ0v) is 11.3. The number of nitrogens with one attached hydrogen (secondary N) is 1. The average molecular weight is 272 g/mol. The number of benzene rings is 1. The van der Waals surface area contributed by atoms with Crippen LogP contribution >= 0.6 is 0 Å². The molecular formula is C15H16N2O3. The topological polar surface area (TPSA) is 64.4 Å². The molecule has 1 amide bonds. The molecule has 5 heteroatoms. The van der Waals surface area contributed by atoms with Crippen molar-refractivity contribution >= 4 is 11.6 Å². The Kier molecular flexibility index (Phi) is 3.41. The molecule has 3 rings (SSSR count). The molecule has 2 aromatic rings. The first-order valence-corrected chi connectivity index (χ1v) is 6.71. The molecule has 104 valence electrons. The van der Waals surface area contributed by atoms with Gasteiger partial charge in [0.15, 0.2) is 5.69 Å². The quantitative estimate of drug-likeness (QED) is 0.933. The standard InChI is InChI=1S/C15H16N2O3/c1-19-11-6-4-5-10(9-11)16-15(18)14-12-7-2-3-8-13(12)20-17-14/h4-6,9H,2-3,7-8H2,1H3,(H,16,18). The third-order valence-electron chi connectivity index (χ3n) is 3.49. The van der Waals surface area contributed by atoms with Gasteiger partial charge in [0.2, 0.25) is 0 Å². The van der Waals surface area contributed by atoms with E-state index in [9.17, 15) is 4.79 Å². The van der Waals surface area contributed by atoms with Crippen LogP contribution in [0.4, 0.5) is 5.69 Å². The number of methoxy groups -OCH3 is 1. The number of fused-ring (bicyclic) bond motifs is 1. The third kappa shape index (κ3) is 2.39. The van der Waals surface area contributed by atoms with Gasteiger partial charge in [0.1, 0.15) is 11.5 Å². The maximum absolute atomic E-state index is 12.3. The van der Waals surface area contributed by atoms with E-state index >= 15 is 0 Å². The summed E-state index contributed by atoms with van der Waals surface area (Å²) >= 11 is 0. The van der Waals surface area contributed by atoms with Crippen LogP contribution in [0.3, 0.4) is 0 Å². The number of ether oxygens (including phenoxy) is 1. The fourth-order valence-electron chi connectivity index (χ4n) is 2.45. The van der Waals surface area contributed by atoms with Gasteiger partial charge in [0.05, 0.1) is 7.11 Å². The summed E-state index contributed by atoms with van der Waals surface area (Å²) in [6.07, 6.45) is 3.90. The molecule has 0 saturated carbocycles. The summed E-state index contributed by atoms with van der Waals surface area (Å²) in [5.74, 6) is 1.32. The van der Waals surface area contributed by atoms with E-state index in [1.54, 1.807) is 13.2 Å². The minimum Gasteiger partial charge on any atom is -0.497 e. The Morgan fingerprint density at radius 2 is 2.20 bits per heavy atom. The van der Waals surface area contributed by atoms with Gasteiger partial charge < -0.3 is 14.6 Å². The number of aryl methyl sites for hydroxylation is 1. The normalized spacial score (nSPS) is 13.7. The molecule has 1 aromatic carbocycles. The zero-order valence-electron chi connectivity index (χ0n) is 11.3. The molecule has 0 aliphatic heterocycles. The van der Waals surface area contributed by atoms with Gasteiger partial charge in [0.25, 0.3) is 5.91 Å². The number of hydrogen-bond acceptors (Lipinski definition) is 4. The maximum atomic E-state index is 12.3. The first kappa shape index (κ1) is 12.7. The number of aromatic nitrogens is 1. The zero-order chi connectivity index (χ0) is 13.9. The van der Waals surface area contributed by atoms with Crippen LogP contribution in [0.1, 0.15) is 34.7 Å². The van der Waals surface area contributed by atoms with E-state index in [1.807, 2.05) is 18.2 Å². The second-order valence-corrected chi connectivity index (χ2v) is 4.83. The summed E-state index contributed by atoms with van der Waals surface area (Å²) < 4.78 is 10.4. The highest BCUT2D eigenvalue weighted by atomic mass is 16.5. The SMILES string of the molecule is COc1cccc(NC(=O)c2noc3c2CCCC3)c1. The number of rotatable bonds is 3. The van der Waals surface area contributed by atoms with Crippen molar-refractivity contribution < 1.29 is 14.1 Å². The molecule has 5 nitrogen and oxygen atoms in total. The molecule has 1 aliphatic carbocycles. The summed E-state index contributed by atoms with van der Waals surface area (Å²) in [7, 11) is 1.59. The first-order chi connectivity index (χ1) is 9.78. The van der Waals surface area contributed by atoms with Crippen LogP contribution in [0.2, 0.25) is 0 Å². The van der Waals surface area contributed by atoms with Gasteiger partial charge in [-0.3, -0.25) is 4.79 Å². The summed E-state index contributed by atoms with van der Waals surface area (Å²) in [6, 6.07) is 7.23. The summed E-state index contributed by atoms with van der Waals surface area (Å²) in [6.45, 7) is 0. The number of amides is 1. The highest BCUT2D eigenvalue weighted by Gasteiger charge is 2.23. The van der Waals surface area contributed by atoms with Crippen LogP contribution in [0, 0.1) is 0 Å².